The number of benzene rings is 2. The molecule has 0 spiro atoms. The highest BCUT2D eigenvalue weighted by Crippen LogP contribution is 2.20. The molecule has 29 heavy (non-hydrogen) atoms. The summed E-state index contributed by atoms with van der Waals surface area (Å²) in [5, 5.41) is 2.72. The molecule has 1 atom stereocenters. The van der Waals surface area contributed by atoms with Crippen molar-refractivity contribution in [3.63, 3.8) is 0 Å². The van der Waals surface area contributed by atoms with E-state index in [0.29, 0.717) is 18.0 Å². The van der Waals surface area contributed by atoms with Crippen molar-refractivity contribution in [3.8, 4) is 5.75 Å². The topological polar surface area (TPSA) is 84.9 Å². The predicted octanol–water partition coefficient (Wildman–Crippen LogP) is 2.81. The number of aryl methyl sites for hydroxylation is 1. The maximum atomic E-state index is 12.6. The first-order valence-electron chi connectivity index (χ1n) is 9.52. The largest absolute Gasteiger partial charge is 0.491 e. The number of nitrogens with one attached hydrogen (secondary N) is 1. The van der Waals surface area contributed by atoms with Gasteiger partial charge in [0.2, 0.25) is 15.9 Å². The van der Waals surface area contributed by atoms with Crippen LogP contribution >= 0.6 is 0 Å². The van der Waals surface area contributed by atoms with E-state index in [2.05, 4.69) is 5.32 Å². The van der Waals surface area contributed by atoms with Gasteiger partial charge in [-0.2, -0.15) is 4.31 Å². The van der Waals surface area contributed by atoms with Crippen molar-refractivity contribution < 1.29 is 22.7 Å². The Morgan fingerprint density at radius 2 is 2.00 bits per heavy atom. The number of nitrogens with zero attached hydrogens (tertiary/aromatic N) is 1. The highest BCUT2D eigenvalue weighted by molar-refractivity contribution is 7.89. The molecule has 3 rings (SSSR count). The lowest BCUT2D eigenvalue weighted by molar-refractivity contribution is -0.116. The Labute approximate surface area is 171 Å². The normalized spacial score (nSPS) is 16.7. The minimum atomic E-state index is -3.74. The molecular weight excluding hydrogens is 392 g/mol. The molecule has 0 bridgehead atoms. The van der Waals surface area contributed by atoms with Gasteiger partial charge in [0.25, 0.3) is 0 Å². The second-order valence-electron chi connectivity index (χ2n) is 7.10. The number of anilines is 1. The number of carbonyl (C=O) groups is 1. The van der Waals surface area contributed by atoms with Crippen molar-refractivity contribution in [2.75, 3.05) is 32.1 Å². The number of hydrogen-bond acceptors (Lipinski definition) is 5. The van der Waals surface area contributed by atoms with Gasteiger partial charge in [0.15, 0.2) is 0 Å². The molecule has 1 aliphatic heterocycles. The standard InChI is InChI=1S/C21H26N2O5S/c1-16-8-10-20(11-9-16)29(25,26)23(2)14-21(24)22-17-5-3-6-18(13-17)28-15-19-7-4-12-27-19/h3,5-6,8-11,13,19H,4,7,12,14-15H2,1-2H3,(H,22,24). The van der Waals surface area contributed by atoms with Crippen LogP contribution in [0.15, 0.2) is 53.4 Å². The van der Waals surface area contributed by atoms with Crippen molar-refractivity contribution in [2.45, 2.75) is 30.8 Å². The van der Waals surface area contributed by atoms with Gasteiger partial charge in [-0.15, -0.1) is 0 Å². The molecule has 1 N–H and O–H groups in total. The van der Waals surface area contributed by atoms with Crippen molar-refractivity contribution in [3.05, 3.63) is 54.1 Å². The molecule has 0 saturated carbocycles. The lowest BCUT2D eigenvalue weighted by Gasteiger charge is -2.17. The monoisotopic (exact) mass is 418 g/mol. The lowest BCUT2D eigenvalue weighted by Crippen LogP contribution is -2.34. The lowest BCUT2D eigenvalue weighted by atomic mass is 10.2. The number of rotatable bonds is 8. The van der Waals surface area contributed by atoms with Gasteiger partial charge in [-0.25, -0.2) is 8.42 Å². The molecule has 1 saturated heterocycles. The maximum Gasteiger partial charge on any atom is 0.243 e. The van der Waals surface area contributed by atoms with E-state index in [1.54, 1.807) is 36.4 Å². The molecule has 156 valence electrons. The van der Waals surface area contributed by atoms with Gasteiger partial charge < -0.3 is 14.8 Å². The van der Waals surface area contributed by atoms with Crippen LogP contribution in [0.5, 0.6) is 5.75 Å². The van der Waals surface area contributed by atoms with Gasteiger partial charge in [-0.3, -0.25) is 4.79 Å². The van der Waals surface area contributed by atoms with E-state index in [-0.39, 0.29) is 17.5 Å². The number of carbonyl (C=O) groups excluding carboxylic acids is 1. The number of amides is 1. The van der Waals surface area contributed by atoms with Gasteiger partial charge in [-0.1, -0.05) is 23.8 Å². The van der Waals surface area contributed by atoms with Crippen molar-refractivity contribution in [1.82, 2.24) is 4.31 Å². The molecule has 0 aliphatic carbocycles. The second kappa shape index (κ2) is 9.39. The van der Waals surface area contributed by atoms with Crippen LogP contribution in [0.1, 0.15) is 18.4 Å². The number of sulfonamides is 1. The van der Waals surface area contributed by atoms with Gasteiger partial charge in [-0.05, 0) is 44.0 Å². The van der Waals surface area contributed by atoms with Crippen LogP contribution in [-0.2, 0) is 19.6 Å². The Morgan fingerprint density at radius 1 is 1.24 bits per heavy atom. The fourth-order valence-electron chi connectivity index (χ4n) is 3.01. The van der Waals surface area contributed by atoms with E-state index in [9.17, 15) is 13.2 Å². The van der Waals surface area contributed by atoms with Gasteiger partial charge in [0.1, 0.15) is 12.4 Å². The summed E-state index contributed by atoms with van der Waals surface area (Å²) in [4.78, 5) is 12.5. The average Bonchev–Trinajstić information content (AvgIpc) is 3.20. The molecule has 7 nitrogen and oxygen atoms in total. The van der Waals surface area contributed by atoms with Crippen LogP contribution in [0.4, 0.5) is 5.69 Å². The summed E-state index contributed by atoms with van der Waals surface area (Å²) < 4.78 is 37.5. The Hall–Kier alpha value is -2.42. The number of ether oxygens (including phenoxy) is 2. The quantitative estimate of drug-likeness (QED) is 0.713. The van der Waals surface area contributed by atoms with Crippen molar-refractivity contribution in [2.24, 2.45) is 0 Å². The smallest absolute Gasteiger partial charge is 0.243 e. The van der Waals surface area contributed by atoms with E-state index in [1.807, 2.05) is 6.92 Å². The van der Waals surface area contributed by atoms with Crippen LogP contribution in [0, 0.1) is 6.92 Å². The van der Waals surface area contributed by atoms with Crippen LogP contribution < -0.4 is 10.1 Å². The van der Waals surface area contributed by atoms with Crippen LogP contribution in [0.2, 0.25) is 0 Å². The maximum absolute atomic E-state index is 12.6. The van der Waals surface area contributed by atoms with Crippen LogP contribution in [0.3, 0.4) is 0 Å². The fraction of sp³-hybridized carbons (Fsp3) is 0.381. The summed E-state index contributed by atoms with van der Waals surface area (Å²) in [6, 6.07) is 13.5. The zero-order chi connectivity index (χ0) is 20.9. The number of hydrogen-bond donors (Lipinski definition) is 1. The SMILES string of the molecule is Cc1ccc(S(=O)(=O)N(C)CC(=O)Nc2cccc(OCC3CCCO3)c2)cc1. The molecular formula is C21H26N2O5S. The first-order chi connectivity index (χ1) is 13.8. The Balaban J connectivity index is 1.57. The highest BCUT2D eigenvalue weighted by atomic mass is 32.2. The van der Waals surface area contributed by atoms with E-state index in [0.717, 1.165) is 29.3 Å². The first kappa shape index (κ1) is 21.3. The average molecular weight is 419 g/mol. The molecule has 0 aromatic heterocycles. The minimum absolute atomic E-state index is 0.105. The molecule has 1 aliphatic rings. The molecule has 2 aromatic rings. The second-order valence-corrected chi connectivity index (χ2v) is 9.14. The Bertz CT molecular complexity index is 938. The molecule has 1 unspecified atom stereocenters. The van der Waals surface area contributed by atoms with Crippen LogP contribution in [0.25, 0.3) is 0 Å². The van der Waals surface area contributed by atoms with Gasteiger partial charge in [0, 0.05) is 25.4 Å². The summed E-state index contributed by atoms with van der Waals surface area (Å²) in [5.41, 5.74) is 1.51. The first-order valence-corrected chi connectivity index (χ1v) is 11.0. The molecule has 1 heterocycles. The Morgan fingerprint density at radius 3 is 2.69 bits per heavy atom. The summed E-state index contributed by atoms with van der Waals surface area (Å²) >= 11 is 0. The van der Waals surface area contributed by atoms with E-state index >= 15 is 0 Å². The minimum Gasteiger partial charge on any atom is -0.491 e. The summed E-state index contributed by atoms with van der Waals surface area (Å²) in [7, 11) is -2.35. The molecule has 1 amide bonds. The zero-order valence-electron chi connectivity index (χ0n) is 16.6. The van der Waals surface area contributed by atoms with E-state index in [1.165, 1.54) is 19.2 Å². The number of likely N-dealkylation sites (N-methyl/N-ethyl adjacent to an activating group) is 1. The fourth-order valence-corrected chi connectivity index (χ4v) is 4.13. The summed E-state index contributed by atoms with van der Waals surface area (Å²) in [5.74, 6) is 0.193. The third-order valence-corrected chi connectivity index (χ3v) is 6.49. The van der Waals surface area contributed by atoms with Gasteiger partial charge in [0.05, 0.1) is 17.5 Å². The molecule has 2 aromatic carbocycles. The van der Waals surface area contributed by atoms with Crippen molar-refractivity contribution in [1.29, 1.82) is 0 Å². The van der Waals surface area contributed by atoms with E-state index < -0.39 is 15.9 Å². The van der Waals surface area contributed by atoms with Gasteiger partial charge >= 0.3 is 0 Å². The highest BCUT2D eigenvalue weighted by Gasteiger charge is 2.23. The van der Waals surface area contributed by atoms with Crippen LogP contribution in [-0.4, -0.2) is 51.5 Å². The molecule has 1 fully saturated rings. The van der Waals surface area contributed by atoms with E-state index in [4.69, 9.17) is 9.47 Å². The molecule has 0 radical (unpaired) electrons. The van der Waals surface area contributed by atoms with Crippen molar-refractivity contribution >= 4 is 21.6 Å². The molecule has 8 heteroatoms. The zero-order valence-corrected chi connectivity index (χ0v) is 17.4. The summed E-state index contributed by atoms with van der Waals surface area (Å²) in [6.45, 7) is 2.82. The Kier molecular flexibility index (Phi) is 6.89. The third-order valence-electron chi connectivity index (χ3n) is 4.67. The third kappa shape index (κ3) is 5.79. The predicted molar refractivity (Wildman–Crippen MR) is 111 cm³/mol. The summed E-state index contributed by atoms with van der Waals surface area (Å²) in [6.07, 6.45) is 2.13.